The number of Topliss-reactive ketones (excluding diaryl/α,β-unsaturated/α-hetero) is 1. The Kier molecular flexibility index (Phi) is 6.20. The Morgan fingerprint density at radius 3 is 2.57 bits per heavy atom. The molecule has 10 nitrogen and oxygen atoms in total. The predicted octanol–water partition coefficient (Wildman–Crippen LogP) is 1.32. The highest BCUT2D eigenvalue weighted by Crippen LogP contribution is 2.48. The molecule has 10 heteroatoms. The van der Waals surface area contributed by atoms with Gasteiger partial charge < -0.3 is 35.3 Å². The molecule has 1 saturated heterocycles. The molecular formula is C27H29NO9. The van der Waals surface area contributed by atoms with Gasteiger partial charge in [0.1, 0.15) is 17.1 Å². The van der Waals surface area contributed by atoms with Gasteiger partial charge in [0.15, 0.2) is 17.9 Å². The smallest absolute Gasteiger partial charge is 0.201 e. The van der Waals surface area contributed by atoms with Crippen molar-refractivity contribution in [2.75, 3.05) is 7.11 Å². The summed E-state index contributed by atoms with van der Waals surface area (Å²) in [6.07, 6.45) is -3.76. The van der Waals surface area contributed by atoms with E-state index in [9.17, 15) is 29.7 Å². The number of ether oxygens (including phenoxy) is 3. The van der Waals surface area contributed by atoms with E-state index in [2.05, 4.69) is 0 Å². The number of rotatable bonds is 4. The van der Waals surface area contributed by atoms with Crippen molar-refractivity contribution < 1.29 is 43.9 Å². The van der Waals surface area contributed by atoms with Gasteiger partial charge >= 0.3 is 0 Å². The minimum atomic E-state index is -1.83. The van der Waals surface area contributed by atoms with Crippen LogP contribution >= 0.6 is 0 Å². The van der Waals surface area contributed by atoms with E-state index in [0.29, 0.717) is 5.56 Å². The third-order valence-corrected chi connectivity index (χ3v) is 7.67. The topological polar surface area (TPSA) is 166 Å². The molecule has 5 N–H and O–H groups in total. The summed E-state index contributed by atoms with van der Waals surface area (Å²) in [7, 11) is 1.38. The number of methoxy groups -OCH3 is 1. The van der Waals surface area contributed by atoms with E-state index in [0.717, 1.165) is 0 Å². The maximum Gasteiger partial charge on any atom is 0.201 e. The lowest BCUT2D eigenvalue weighted by Gasteiger charge is -2.42. The summed E-state index contributed by atoms with van der Waals surface area (Å²) in [5, 5.41) is 32.8. The van der Waals surface area contributed by atoms with Gasteiger partial charge in [-0.2, -0.15) is 0 Å². The van der Waals surface area contributed by atoms with Crippen LogP contribution in [-0.4, -0.2) is 69.9 Å². The number of aromatic hydroxyl groups is 1. The number of fused-ring (bicyclic) bond motifs is 3. The maximum absolute atomic E-state index is 13.6. The highest BCUT2D eigenvalue weighted by atomic mass is 16.7. The van der Waals surface area contributed by atoms with Gasteiger partial charge in [-0.05, 0) is 31.5 Å². The summed E-state index contributed by atoms with van der Waals surface area (Å²) in [6.45, 7) is 2.90. The van der Waals surface area contributed by atoms with Crippen molar-refractivity contribution in [1.82, 2.24) is 0 Å². The van der Waals surface area contributed by atoms with E-state index in [1.165, 1.54) is 26.2 Å². The van der Waals surface area contributed by atoms with Gasteiger partial charge in [0.2, 0.25) is 5.78 Å². The van der Waals surface area contributed by atoms with Crippen LogP contribution in [0.2, 0.25) is 0 Å². The lowest BCUT2D eigenvalue weighted by atomic mass is 9.72. The molecule has 1 aliphatic heterocycles. The number of nitrogens with two attached hydrogens (primary N) is 1. The molecule has 6 atom stereocenters. The SMILES string of the molecule is COc1cccc2c1C(=O)c1c(cc3c(c1O)C(OC1CC(N)C(O)C(C)O1)CC(O)(C(C)=O)C3)C2=O. The molecule has 0 aromatic heterocycles. The molecule has 2 aromatic carbocycles. The Balaban J connectivity index is 1.64. The summed E-state index contributed by atoms with van der Waals surface area (Å²) in [5.74, 6) is -1.83. The van der Waals surface area contributed by atoms with E-state index in [-0.39, 0.29) is 52.8 Å². The van der Waals surface area contributed by atoms with Gasteiger partial charge in [-0.15, -0.1) is 0 Å². The van der Waals surface area contributed by atoms with Gasteiger partial charge in [0.05, 0.1) is 36.5 Å². The second-order valence-electron chi connectivity index (χ2n) is 10.0. The number of benzene rings is 2. The van der Waals surface area contributed by atoms with Crippen LogP contribution in [0, 0.1) is 0 Å². The van der Waals surface area contributed by atoms with Gasteiger partial charge in [0.25, 0.3) is 0 Å². The average Bonchev–Trinajstić information content (AvgIpc) is 2.84. The molecule has 0 radical (unpaired) electrons. The van der Waals surface area contributed by atoms with Crippen LogP contribution in [0.3, 0.4) is 0 Å². The van der Waals surface area contributed by atoms with Gasteiger partial charge in [0, 0.05) is 42.0 Å². The van der Waals surface area contributed by atoms with Gasteiger partial charge in [-0.3, -0.25) is 14.4 Å². The Morgan fingerprint density at radius 1 is 1.19 bits per heavy atom. The van der Waals surface area contributed by atoms with Crippen molar-refractivity contribution in [2.45, 2.75) is 69.4 Å². The highest BCUT2D eigenvalue weighted by molar-refractivity contribution is 6.30. The van der Waals surface area contributed by atoms with Crippen LogP contribution in [0.25, 0.3) is 0 Å². The van der Waals surface area contributed by atoms with Crippen LogP contribution in [0.4, 0.5) is 0 Å². The lowest BCUT2D eigenvalue weighted by molar-refractivity contribution is -0.247. The Bertz CT molecular complexity index is 1310. The Labute approximate surface area is 212 Å². The molecule has 0 saturated carbocycles. The zero-order valence-electron chi connectivity index (χ0n) is 20.7. The molecule has 37 heavy (non-hydrogen) atoms. The second kappa shape index (κ2) is 9.00. The van der Waals surface area contributed by atoms with Crippen LogP contribution in [0.1, 0.15) is 75.8 Å². The van der Waals surface area contributed by atoms with Crippen molar-refractivity contribution in [1.29, 1.82) is 0 Å². The molecule has 3 aliphatic rings. The first kappa shape index (κ1) is 25.5. The maximum atomic E-state index is 13.6. The number of hydrogen-bond acceptors (Lipinski definition) is 10. The third-order valence-electron chi connectivity index (χ3n) is 7.67. The molecule has 1 heterocycles. The summed E-state index contributed by atoms with van der Waals surface area (Å²) in [4.78, 5) is 39.5. The average molecular weight is 512 g/mol. The molecule has 2 aromatic rings. The quantitative estimate of drug-likeness (QED) is 0.401. The predicted molar refractivity (Wildman–Crippen MR) is 129 cm³/mol. The monoisotopic (exact) mass is 511 g/mol. The summed E-state index contributed by atoms with van der Waals surface area (Å²) in [6, 6.07) is 5.47. The Morgan fingerprint density at radius 2 is 1.92 bits per heavy atom. The van der Waals surface area contributed by atoms with Crippen molar-refractivity contribution in [2.24, 2.45) is 5.73 Å². The molecule has 1 fully saturated rings. The molecule has 196 valence electrons. The zero-order chi connectivity index (χ0) is 26.8. The van der Waals surface area contributed by atoms with Crippen LogP contribution in [-0.2, 0) is 20.7 Å². The first-order valence-corrected chi connectivity index (χ1v) is 12.1. The van der Waals surface area contributed by atoms with Gasteiger partial charge in [-0.25, -0.2) is 0 Å². The number of phenols is 1. The minimum absolute atomic E-state index is 0.0266. The molecule has 0 amide bonds. The fourth-order valence-electron chi connectivity index (χ4n) is 5.58. The van der Waals surface area contributed by atoms with Crippen molar-refractivity contribution in [3.05, 3.63) is 57.6 Å². The number of hydrogen-bond donors (Lipinski definition) is 4. The normalized spacial score (nSPS) is 30.8. The first-order chi connectivity index (χ1) is 17.5. The number of carbonyl (C=O) groups excluding carboxylic acids is 3. The second-order valence-corrected chi connectivity index (χ2v) is 10.0. The highest BCUT2D eigenvalue weighted by Gasteiger charge is 2.47. The van der Waals surface area contributed by atoms with E-state index in [1.54, 1.807) is 19.1 Å². The standard InChI is InChI=1S/C27H29NO9/c1-11-23(30)16(28)8-19(36-11)37-18-10-27(34,12(2)29)9-13-7-15-22(25(32)20(13)18)26(33)21-14(24(15)31)5-4-6-17(21)35-3/h4-7,11,16,18-19,23,30,32,34H,8-10,28H2,1-3H3. The van der Waals surface area contributed by atoms with Crippen molar-refractivity contribution >= 4 is 17.3 Å². The number of carbonyl (C=O) groups is 3. The third kappa shape index (κ3) is 3.96. The Hall–Kier alpha value is -3.15. The molecule has 0 spiro atoms. The number of aliphatic hydroxyl groups is 2. The van der Waals surface area contributed by atoms with Gasteiger partial charge in [-0.1, -0.05) is 12.1 Å². The van der Waals surface area contributed by atoms with Crippen LogP contribution < -0.4 is 10.5 Å². The molecule has 0 bridgehead atoms. The number of aliphatic hydroxyl groups excluding tert-OH is 1. The van der Waals surface area contributed by atoms with Crippen LogP contribution in [0.5, 0.6) is 11.5 Å². The van der Waals surface area contributed by atoms with E-state index >= 15 is 0 Å². The minimum Gasteiger partial charge on any atom is -0.507 e. The molecular weight excluding hydrogens is 482 g/mol. The molecule has 2 aliphatic carbocycles. The summed E-state index contributed by atoms with van der Waals surface area (Å²) < 4.78 is 17.2. The number of phenolic OH excluding ortho intramolecular Hbond substituents is 1. The lowest BCUT2D eigenvalue weighted by Crippen LogP contribution is -2.52. The van der Waals surface area contributed by atoms with Crippen molar-refractivity contribution in [3.63, 3.8) is 0 Å². The first-order valence-electron chi connectivity index (χ1n) is 12.1. The molecule has 6 unspecified atom stereocenters. The van der Waals surface area contributed by atoms with Crippen LogP contribution in [0.15, 0.2) is 24.3 Å². The largest absolute Gasteiger partial charge is 0.507 e. The van der Waals surface area contributed by atoms with Crippen molar-refractivity contribution in [3.8, 4) is 11.5 Å². The zero-order valence-corrected chi connectivity index (χ0v) is 20.7. The van der Waals surface area contributed by atoms with E-state index in [4.69, 9.17) is 19.9 Å². The fraction of sp³-hybridized carbons (Fsp3) is 0.444. The molecule has 5 rings (SSSR count). The summed E-state index contributed by atoms with van der Waals surface area (Å²) >= 11 is 0. The van der Waals surface area contributed by atoms with E-state index < -0.39 is 59.3 Å². The fourth-order valence-corrected chi connectivity index (χ4v) is 5.58. The van der Waals surface area contributed by atoms with E-state index in [1.807, 2.05) is 0 Å². The number of ketones is 3. The summed E-state index contributed by atoms with van der Waals surface area (Å²) in [5.41, 5.74) is 4.68.